The van der Waals surface area contributed by atoms with Gasteiger partial charge in [0, 0.05) is 12.6 Å². The predicted octanol–water partition coefficient (Wildman–Crippen LogP) is 0.425. The van der Waals surface area contributed by atoms with Gasteiger partial charge in [-0.15, -0.1) is 0 Å². The van der Waals surface area contributed by atoms with Crippen LogP contribution in [0.2, 0.25) is 0 Å². The van der Waals surface area contributed by atoms with Gasteiger partial charge in [-0.1, -0.05) is 6.42 Å². The van der Waals surface area contributed by atoms with Crippen molar-refractivity contribution in [2.24, 2.45) is 11.1 Å². The fraction of sp³-hybridized carbons (Fsp3) is 0.583. The molecule has 104 valence electrons. The number of aromatic nitrogens is 2. The van der Waals surface area contributed by atoms with E-state index in [9.17, 15) is 9.59 Å². The van der Waals surface area contributed by atoms with Gasteiger partial charge in [-0.2, -0.15) is 5.10 Å². The zero-order valence-corrected chi connectivity index (χ0v) is 10.6. The van der Waals surface area contributed by atoms with Crippen molar-refractivity contribution >= 4 is 17.6 Å². The van der Waals surface area contributed by atoms with Crippen molar-refractivity contribution in [2.75, 3.05) is 11.9 Å². The second-order valence-electron chi connectivity index (χ2n) is 5.10. The third-order valence-electron chi connectivity index (χ3n) is 3.60. The third-order valence-corrected chi connectivity index (χ3v) is 3.60. The van der Waals surface area contributed by atoms with Gasteiger partial charge in [0.2, 0.25) is 5.91 Å². The molecule has 0 aliphatic heterocycles. The molecule has 1 amide bonds. The minimum Gasteiger partial charge on any atom is -0.480 e. The Morgan fingerprint density at radius 3 is 2.79 bits per heavy atom. The summed E-state index contributed by atoms with van der Waals surface area (Å²) in [5.41, 5.74) is 6.18. The number of carbonyl (C=O) groups is 2. The van der Waals surface area contributed by atoms with Gasteiger partial charge < -0.3 is 16.2 Å². The van der Waals surface area contributed by atoms with Crippen LogP contribution in [0.5, 0.6) is 0 Å². The number of carboxylic acids is 1. The Balaban J connectivity index is 1.88. The first kappa shape index (κ1) is 13.5. The van der Waals surface area contributed by atoms with E-state index in [1.807, 2.05) is 0 Å². The lowest BCUT2D eigenvalue weighted by Crippen LogP contribution is -2.40. The number of hydrogen-bond donors (Lipinski definition) is 3. The number of nitrogens with two attached hydrogens (primary N) is 1. The van der Waals surface area contributed by atoms with Crippen LogP contribution in [0.25, 0.3) is 0 Å². The Bertz CT molecular complexity index is 474. The van der Waals surface area contributed by atoms with E-state index in [0.717, 1.165) is 19.3 Å². The second-order valence-corrected chi connectivity index (χ2v) is 5.10. The highest BCUT2D eigenvalue weighted by atomic mass is 16.4. The van der Waals surface area contributed by atoms with Crippen molar-refractivity contribution in [3.05, 3.63) is 12.4 Å². The number of carbonyl (C=O) groups excluding carboxylic acids is 1. The maximum absolute atomic E-state index is 11.9. The van der Waals surface area contributed by atoms with Gasteiger partial charge >= 0.3 is 5.97 Å². The van der Waals surface area contributed by atoms with Gasteiger partial charge in [-0.25, -0.2) is 0 Å². The number of aliphatic carboxylic acids is 1. The summed E-state index contributed by atoms with van der Waals surface area (Å²) in [4.78, 5) is 22.4. The van der Waals surface area contributed by atoms with Gasteiger partial charge in [0.15, 0.2) is 0 Å². The summed E-state index contributed by atoms with van der Waals surface area (Å²) in [7, 11) is 0. The highest BCUT2D eigenvalue weighted by Crippen LogP contribution is 2.42. The van der Waals surface area contributed by atoms with Gasteiger partial charge in [-0.3, -0.25) is 14.3 Å². The van der Waals surface area contributed by atoms with Crippen molar-refractivity contribution in [1.29, 1.82) is 0 Å². The monoisotopic (exact) mass is 266 g/mol. The molecule has 2 rings (SSSR count). The van der Waals surface area contributed by atoms with Crippen molar-refractivity contribution in [3.63, 3.8) is 0 Å². The van der Waals surface area contributed by atoms with E-state index in [-0.39, 0.29) is 17.9 Å². The van der Waals surface area contributed by atoms with E-state index in [1.165, 1.54) is 17.1 Å². The highest BCUT2D eigenvalue weighted by Gasteiger charge is 2.37. The van der Waals surface area contributed by atoms with E-state index >= 15 is 0 Å². The van der Waals surface area contributed by atoms with Gasteiger partial charge in [0.25, 0.3) is 0 Å². The van der Waals surface area contributed by atoms with Crippen LogP contribution in [0.4, 0.5) is 5.69 Å². The molecule has 0 unspecified atom stereocenters. The lowest BCUT2D eigenvalue weighted by atomic mass is 9.66. The van der Waals surface area contributed by atoms with Gasteiger partial charge in [0.1, 0.15) is 6.54 Å². The summed E-state index contributed by atoms with van der Waals surface area (Å²) in [6.07, 6.45) is 6.47. The van der Waals surface area contributed by atoms with Crippen molar-refractivity contribution in [1.82, 2.24) is 9.78 Å². The third kappa shape index (κ3) is 3.31. The van der Waals surface area contributed by atoms with Gasteiger partial charge in [-0.05, 0) is 24.8 Å². The molecule has 7 nitrogen and oxygen atoms in total. The first-order valence-electron chi connectivity index (χ1n) is 6.27. The molecule has 4 N–H and O–H groups in total. The number of hydrogen-bond acceptors (Lipinski definition) is 4. The molecule has 1 aliphatic carbocycles. The van der Waals surface area contributed by atoms with Crippen molar-refractivity contribution < 1.29 is 14.7 Å². The largest absolute Gasteiger partial charge is 0.480 e. The number of nitrogens with zero attached hydrogens (tertiary/aromatic N) is 2. The SMILES string of the molecule is NCC1(CC(=O)Nc2cnn(CC(=O)O)c2)CCC1. The quantitative estimate of drug-likeness (QED) is 0.691. The number of carboxylic acid groups (broad SMARTS) is 1. The maximum Gasteiger partial charge on any atom is 0.325 e. The van der Waals surface area contributed by atoms with Crippen LogP contribution in [-0.4, -0.2) is 33.3 Å². The van der Waals surface area contributed by atoms with Crippen LogP contribution in [0, 0.1) is 5.41 Å². The van der Waals surface area contributed by atoms with Crippen LogP contribution in [0.3, 0.4) is 0 Å². The zero-order chi connectivity index (χ0) is 13.9. The minimum absolute atomic E-state index is 0.0405. The average Bonchev–Trinajstić information content (AvgIpc) is 2.70. The molecule has 1 aromatic heterocycles. The van der Waals surface area contributed by atoms with E-state index in [0.29, 0.717) is 18.7 Å². The van der Waals surface area contributed by atoms with Crippen molar-refractivity contribution in [2.45, 2.75) is 32.2 Å². The van der Waals surface area contributed by atoms with Crippen LogP contribution in [0.15, 0.2) is 12.4 Å². The molecular formula is C12H18N4O3. The molecule has 19 heavy (non-hydrogen) atoms. The fourth-order valence-corrected chi connectivity index (χ4v) is 2.33. The number of anilines is 1. The maximum atomic E-state index is 11.9. The second kappa shape index (κ2) is 5.40. The Hall–Kier alpha value is -1.89. The number of amides is 1. The molecule has 0 spiro atoms. The average molecular weight is 266 g/mol. The van der Waals surface area contributed by atoms with E-state index < -0.39 is 5.97 Å². The fourth-order valence-electron chi connectivity index (χ4n) is 2.33. The molecule has 1 aliphatic rings. The molecule has 0 radical (unpaired) electrons. The van der Waals surface area contributed by atoms with E-state index in [4.69, 9.17) is 10.8 Å². The Kier molecular flexibility index (Phi) is 3.84. The highest BCUT2D eigenvalue weighted by molar-refractivity contribution is 5.91. The summed E-state index contributed by atoms with van der Waals surface area (Å²) in [6, 6.07) is 0. The van der Waals surface area contributed by atoms with Crippen LogP contribution in [0.1, 0.15) is 25.7 Å². The molecular weight excluding hydrogens is 248 g/mol. The smallest absolute Gasteiger partial charge is 0.325 e. The van der Waals surface area contributed by atoms with E-state index in [1.54, 1.807) is 0 Å². The Labute approximate surface area is 110 Å². The predicted molar refractivity (Wildman–Crippen MR) is 68.4 cm³/mol. The Morgan fingerprint density at radius 2 is 2.26 bits per heavy atom. The van der Waals surface area contributed by atoms with Crippen LogP contribution in [-0.2, 0) is 16.1 Å². The number of nitrogens with one attached hydrogen (secondary N) is 1. The normalized spacial score (nSPS) is 16.7. The summed E-state index contributed by atoms with van der Waals surface area (Å²) in [6.45, 7) is 0.307. The first-order valence-corrected chi connectivity index (χ1v) is 6.27. The van der Waals surface area contributed by atoms with Crippen molar-refractivity contribution in [3.8, 4) is 0 Å². The van der Waals surface area contributed by atoms with Crippen LogP contribution < -0.4 is 11.1 Å². The molecule has 1 saturated carbocycles. The molecule has 1 fully saturated rings. The zero-order valence-electron chi connectivity index (χ0n) is 10.6. The lowest BCUT2D eigenvalue weighted by Gasteiger charge is -2.40. The summed E-state index contributed by atoms with van der Waals surface area (Å²) >= 11 is 0. The van der Waals surface area contributed by atoms with Crippen LogP contribution >= 0.6 is 0 Å². The standard InChI is InChI=1S/C12H18N4O3/c13-8-12(2-1-3-12)4-10(17)15-9-5-14-16(6-9)7-11(18)19/h5-6H,1-4,7-8,13H2,(H,15,17)(H,18,19). The van der Waals surface area contributed by atoms with Gasteiger partial charge in [0.05, 0.1) is 11.9 Å². The lowest BCUT2D eigenvalue weighted by molar-refractivity contribution is -0.137. The summed E-state index contributed by atoms with van der Waals surface area (Å²) in [5.74, 6) is -1.07. The molecule has 0 aromatic carbocycles. The molecule has 0 saturated heterocycles. The first-order chi connectivity index (χ1) is 9.03. The summed E-state index contributed by atoms with van der Waals surface area (Å²) < 4.78 is 1.26. The Morgan fingerprint density at radius 1 is 1.53 bits per heavy atom. The van der Waals surface area contributed by atoms with E-state index in [2.05, 4.69) is 10.4 Å². The number of rotatable bonds is 6. The molecule has 0 atom stereocenters. The topological polar surface area (TPSA) is 110 Å². The molecule has 7 heteroatoms. The molecule has 0 bridgehead atoms. The summed E-state index contributed by atoms with van der Waals surface area (Å²) in [5, 5.41) is 15.2. The molecule has 1 heterocycles. The minimum atomic E-state index is -0.975. The molecule has 1 aromatic rings.